The van der Waals surface area contributed by atoms with E-state index in [-0.39, 0.29) is 23.4 Å². The number of nitro groups is 1. The molecular formula is C22H33FN4O4. The molecule has 2 aliphatic rings. The van der Waals surface area contributed by atoms with Crippen LogP contribution in [0, 0.1) is 22.9 Å². The molecule has 1 aromatic rings. The highest BCUT2D eigenvalue weighted by molar-refractivity contribution is 5.68. The molecule has 1 atom stereocenters. The first-order valence-electron chi connectivity index (χ1n) is 10.8. The third-order valence-electron chi connectivity index (χ3n) is 6.20. The van der Waals surface area contributed by atoms with Crippen molar-refractivity contribution < 1.29 is 18.8 Å². The van der Waals surface area contributed by atoms with E-state index < -0.39 is 16.3 Å². The van der Waals surface area contributed by atoms with E-state index in [1.165, 1.54) is 6.07 Å². The first kappa shape index (κ1) is 23.2. The third-order valence-corrected chi connectivity index (χ3v) is 6.20. The van der Waals surface area contributed by atoms with Crippen LogP contribution in [0.2, 0.25) is 0 Å². The Hall–Kier alpha value is -2.42. The average molecular weight is 437 g/mol. The molecule has 0 saturated carbocycles. The lowest BCUT2D eigenvalue weighted by Gasteiger charge is -2.43. The van der Waals surface area contributed by atoms with Crippen molar-refractivity contribution in [1.29, 1.82) is 0 Å². The zero-order valence-corrected chi connectivity index (χ0v) is 19.0. The fourth-order valence-corrected chi connectivity index (χ4v) is 4.41. The van der Waals surface area contributed by atoms with Gasteiger partial charge in [0.1, 0.15) is 17.1 Å². The first-order valence-corrected chi connectivity index (χ1v) is 10.8. The number of halogens is 1. The number of aryl methyl sites for hydroxylation is 1. The van der Waals surface area contributed by atoms with Crippen molar-refractivity contribution in [2.45, 2.75) is 71.1 Å². The van der Waals surface area contributed by atoms with E-state index in [0.717, 1.165) is 38.4 Å². The van der Waals surface area contributed by atoms with Crippen LogP contribution in [0.25, 0.3) is 0 Å². The third kappa shape index (κ3) is 5.44. The quantitative estimate of drug-likeness (QED) is 0.559. The van der Waals surface area contributed by atoms with E-state index >= 15 is 0 Å². The summed E-state index contributed by atoms with van der Waals surface area (Å²) in [7, 11) is 0. The Morgan fingerprint density at radius 2 is 1.94 bits per heavy atom. The number of benzene rings is 1. The normalized spacial score (nSPS) is 23.1. The number of ether oxygens (including phenoxy) is 1. The molecule has 0 aliphatic carbocycles. The van der Waals surface area contributed by atoms with E-state index in [0.29, 0.717) is 24.3 Å². The number of nitrogens with one attached hydrogen (secondary N) is 1. The Kier molecular flexibility index (Phi) is 6.45. The van der Waals surface area contributed by atoms with Crippen LogP contribution < -0.4 is 5.32 Å². The Labute approximate surface area is 182 Å². The van der Waals surface area contributed by atoms with Crippen molar-refractivity contribution in [3.05, 3.63) is 33.6 Å². The SMILES string of the molecule is Cc1cc(NC2CCN(C3(C)CCN(C(=O)OC(C)(C)C)C3)CC2)c([N+](=O)[O-])cc1F. The van der Waals surface area contributed by atoms with Crippen molar-refractivity contribution >= 4 is 17.5 Å². The minimum Gasteiger partial charge on any atom is -0.444 e. The van der Waals surface area contributed by atoms with Crippen molar-refractivity contribution in [3.63, 3.8) is 0 Å². The molecular weight excluding hydrogens is 403 g/mol. The van der Waals surface area contributed by atoms with Gasteiger partial charge in [-0.2, -0.15) is 0 Å². The molecule has 9 heteroatoms. The largest absolute Gasteiger partial charge is 0.444 e. The number of amides is 1. The average Bonchev–Trinajstić information content (AvgIpc) is 3.07. The summed E-state index contributed by atoms with van der Waals surface area (Å²) in [4.78, 5) is 27.4. The lowest BCUT2D eigenvalue weighted by atomic mass is 9.93. The van der Waals surface area contributed by atoms with Crippen LogP contribution in [0.3, 0.4) is 0 Å². The smallest absolute Gasteiger partial charge is 0.410 e. The predicted molar refractivity (Wildman–Crippen MR) is 117 cm³/mol. The van der Waals surface area contributed by atoms with Gasteiger partial charge < -0.3 is 15.0 Å². The number of carbonyl (C=O) groups is 1. The minimum absolute atomic E-state index is 0.0757. The number of carbonyl (C=O) groups excluding carboxylic acids is 1. The van der Waals surface area contributed by atoms with Crippen molar-refractivity contribution in [2.75, 3.05) is 31.5 Å². The van der Waals surface area contributed by atoms with Gasteiger partial charge in [0.05, 0.1) is 11.0 Å². The second kappa shape index (κ2) is 8.61. The molecule has 3 rings (SSSR count). The van der Waals surface area contributed by atoms with Gasteiger partial charge in [0, 0.05) is 37.8 Å². The summed E-state index contributed by atoms with van der Waals surface area (Å²) in [5.74, 6) is -0.573. The molecule has 0 aromatic heterocycles. The molecule has 0 bridgehead atoms. The molecule has 1 unspecified atom stereocenters. The second-order valence-electron chi connectivity index (χ2n) is 9.93. The second-order valence-corrected chi connectivity index (χ2v) is 9.93. The maximum Gasteiger partial charge on any atom is 0.410 e. The number of hydrogen-bond donors (Lipinski definition) is 1. The zero-order valence-electron chi connectivity index (χ0n) is 19.0. The molecule has 1 N–H and O–H groups in total. The number of nitro benzene ring substituents is 1. The summed E-state index contributed by atoms with van der Waals surface area (Å²) in [5.41, 5.74) is -0.111. The zero-order chi connectivity index (χ0) is 23.0. The summed E-state index contributed by atoms with van der Waals surface area (Å²) in [5, 5.41) is 14.6. The number of anilines is 1. The molecule has 0 spiro atoms. The standard InChI is InChI=1S/C22H33FN4O4/c1-15-12-18(19(27(29)30)13-17(15)23)24-16-6-9-26(10-7-16)22(5)8-11-25(14-22)20(28)31-21(2,3)4/h12-13,16,24H,6-11,14H2,1-5H3. The van der Waals surface area contributed by atoms with Crippen LogP contribution in [-0.2, 0) is 4.74 Å². The monoisotopic (exact) mass is 436 g/mol. The fraction of sp³-hybridized carbons (Fsp3) is 0.682. The highest BCUT2D eigenvalue weighted by Gasteiger charge is 2.43. The maximum atomic E-state index is 13.8. The van der Waals surface area contributed by atoms with Crippen molar-refractivity contribution in [1.82, 2.24) is 9.80 Å². The summed E-state index contributed by atoms with van der Waals surface area (Å²) < 4.78 is 19.3. The van der Waals surface area contributed by atoms with Gasteiger partial charge in [-0.25, -0.2) is 9.18 Å². The van der Waals surface area contributed by atoms with Crippen LogP contribution in [0.1, 0.15) is 52.5 Å². The molecule has 2 saturated heterocycles. The lowest BCUT2D eigenvalue weighted by molar-refractivity contribution is -0.384. The van der Waals surface area contributed by atoms with Crippen LogP contribution in [0.4, 0.5) is 20.6 Å². The molecule has 0 radical (unpaired) electrons. The number of nitrogens with zero attached hydrogens (tertiary/aromatic N) is 3. The number of likely N-dealkylation sites (tertiary alicyclic amines) is 2. The Morgan fingerprint density at radius 1 is 1.29 bits per heavy atom. The van der Waals surface area contributed by atoms with Gasteiger partial charge in [-0.3, -0.25) is 15.0 Å². The Balaban J connectivity index is 1.59. The van der Waals surface area contributed by atoms with Crippen LogP contribution in [0.15, 0.2) is 12.1 Å². The van der Waals surface area contributed by atoms with E-state index in [4.69, 9.17) is 4.74 Å². The van der Waals surface area contributed by atoms with Crippen molar-refractivity contribution in [3.8, 4) is 0 Å². The first-order chi connectivity index (χ1) is 14.4. The topological polar surface area (TPSA) is 88.0 Å². The molecule has 8 nitrogen and oxygen atoms in total. The number of rotatable bonds is 4. The van der Waals surface area contributed by atoms with Crippen LogP contribution in [0.5, 0.6) is 0 Å². The summed E-state index contributed by atoms with van der Waals surface area (Å²) in [6.07, 6.45) is 2.24. The van der Waals surface area contributed by atoms with Gasteiger partial charge in [-0.1, -0.05) is 0 Å². The summed E-state index contributed by atoms with van der Waals surface area (Å²) in [6, 6.07) is 2.57. The van der Waals surface area contributed by atoms with E-state index in [1.54, 1.807) is 11.8 Å². The van der Waals surface area contributed by atoms with Gasteiger partial charge in [-0.15, -0.1) is 0 Å². The molecule has 1 aromatic carbocycles. The maximum absolute atomic E-state index is 13.8. The lowest BCUT2D eigenvalue weighted by Crippen LogP contribution is -2.53. The highest BCUT2D eigenvalue weighted by atomic mass is 19.1. The van der Waals surface area contributed by atoms with Gasteiger partial charge in [-0.05, 0) is 65.5 Å². The molecule has 2 aliphatic heterocycles. The van der Waals surface area contributed by atoms with Gasteiger partial charge >= 0.3 is 6.09 Å². The van der Waals surface area contributed by atoms with E-state index in [1.807, 2.05) is 20.8 Å². The van der Waals surface area contributed by atoms with Crippen LogP contribution >= 0.6 is 0 Å². The fourth-order valence-electron chi connectivity index (χ4n) is 4.41. The van der Waals surface area contributed by atoms with Gasteiger partial charge in [0.15, 0.2) is 0 Å². The summed E-state index contributed by atoms with van der Waals surface area (Å²) in [6.45, 7) is 12.3. The summed E-state index contributed by atoms with van der Waals surface area (Å²) >= 11 is 0. The van der Waals surface area contributed by atoms with Crippen LogP contribution in [-0.4, -0.2) is 64.2 Å². The van der Waals surface area contributed by atoms with Gasteiger partial charge in [0.2, 0.25) is 0 Å². The minimum atomic E-state index is -0.573. The molecule has 172 valence electrons. The molecule has 1 amide bonds. The Morgan fingerprint density at radius 3 is 2.52 bits per heavy atom. The number of hydrogen-bond acceptors (Lipinski definition) is 6. The van der Waals surface area contributed by atoms with Gasteiger partial charge in [0.25, 0.3) is 5.69 Å². The predicted octanol–water partition coefficient (Wildman–Crippen LogP) is 4.32. The van der Waals surface area contributed by atoms with Crippen molar-refractivity contribution in [2.24, 2.45) is 0 Å². The highest BCUT2D eigenvalue weighted by Crippen LogP contribution is 2.33. The van der Waals surface area contributed by atoms with E-state index in [9.17, 15) is 19.3 Å². The molecule has 31 heavy (non-hydrogen) atoms. The number of piperidine rings is 1. The van der Waals surface area contributed by atoms with E-state index in [2.05, 4.69) is 17.1 Å². The molecule has 2 fully saturated rings. The molecule has 2 heterocycles. The Bertz CT molecular complexity index is 849.